The first kappa shape index (κ1) is 9.48. The summed E-state index contributed by atoms with van der Waals surface area (Å²) in [6, 6.07) is -0.0837. The summed E-state index contributed by atoms with van der Waals surface area (Å²) >= 11 is 0. The largest absolute Gasteiger partial charge is 0.327 e. The van der Waals surface area contributed by atoms with Gasteiger partial charge in [-0.05, 0) is 12.8 Å². The fourth-order valence-electron chi connectivity index (χ4n) is 1.74. The van der Waals surface area contributed by atoms with Gasteiger partial charge in [0.05, 0.1) is 5.92 Å². The molecule has 0 aromatic carbocycles. The fourth-order valence-corrected chi connectivity index (χ4v) is 1.74. The highest BCUT2D eigenvalue weighted by Crippen LogP contribution is 2.21. The third-order valence-corrected chi connectivity index (χ3v) is 2.52. The number of nitrogens with two attached hydrogens (primary N) is 1. The minimum atomic E-state index is -0.329. The molecule has 0 bridgehead atoms. The van der Waals surface area contributed by atoms with Crippen LogP contribution in [0.3, 0.4) is 0 Å². The van der Waals surface area contributed by atoms with E-state index in [-0.39, 0.29) is 17.9 Å². The van der Waals surface area contributed by atoms with Gasteiger partial charge in [0.1, 0.15) is 0 Å². The van der Waals surface area contributed by atoms with E-state index in [1.807, 2.05) is 0 Å². The normalized spacial score (nSPS) is 30.8. The predicted octanol–water partition coefficient (Wildman–Crippen LogP) is 0.399. The van der Waals surface area contributed by atoms with E-state index >= 15 is 0 Å². The molecule has 1 saturated carbocycles. The molecule has 4 nitrogen and oxygen atoms in total. The first-order chi connectivity index (χ1) is 5.75. The Hall–Kier alpha value is -0.610. The van der Waals surface area contributed by atoms with Gasteiger partial charge in [-0.25, -0.2) is 5.48 Å². The van der Waals surface area contributed by atoms with Crippen molar-refractivity contribution in [2.75, 3.05) is 0 Å². The van der Waals surface area contributed by atoms with Gasteiger partial charge in [0.2, 0.25) is 5.91 Å². The molecule has 0 saturated heterocycles. The molecular formula is C8H16N2O2. The summed E-state index contributed by atoms with van der Waals surface area (Å²) in [6.45, 7) is 0. The Kier molecular flexibility index (Phi) is 3.49. The van der Waals surface area contributed by atoms with Crippen molar-refractivity contribution < 1.29 is 10.0 Å². The van der Waals surface area contributed by atoms with Crippen molar-refractivity contribution in [3.05, 3.63) is 0 Å². The van der Waals surface area contributed by atoms with Crippen LogP contribution in [-0.4, -0.2) is 17.2 Å². The summed E-state index contributed by atoms with van der Waals surface area (Å²) < 4.78 is 0. The van der Waals surface area contributed by atoms with Crippen molar-refractivity contribution in [1.29, 1.82) is 0 Å². The van der Waals surface area contributed by atoms with Crippen molar-refractivity contribution in [3.8, 4) is 0 Å². The zero-order valence-corrected chi connectivity index (χ0v) is 7.12. The smallest absolute Gasteiger partial charge is 0.248 e. The Morgan fingerprint density at radius 2 is 2.00 bits per heavy atom. The summed E-state index contributed by atoms with van der Waals surface area (Å²) in [7, 11) is 0. The molecule has 1 aliphatic rings. The van der Waals surface area contributed by atoms with E-state index in [9.17, 15) is 4.79 Å². The van der Waals surface area contributed by atoms with Crippen LogP contribution in [0.15, 0.2) is 0 Å². The van der Waals surface area contributed by atoms with E-state index in [4.69, 9.17) is 10.9 Å². The van der Waals surface area contributed by atoms with E-state index < -0.39 is 0 Å². The van der Waals surface area contributed by atoms with Gasteiger partial charge in [0.25, 0.3) is 0 Å². The maximum Gasteiger partial charge on any atom is 0.248 e. The second kappa shape index (κ2) is 4.42. The Bertz CT molecular complexity index is 161. The van der Waals surface area contributed by atoms with Crippen molar-refractivity contribution >= 4 is 5.91 Å². The SMILES string of the molecule is NC1CCCCCC1C(=O)NO. The van der Waals surface area contributed by atoms with E-state index in [1.54, 1.807) is 5.48 Å². The summed E-state index contributed by atoms with van der Waals surface area (Å²) in [5.41, 5.74) is 7.46. The molecule has 1 fully saturated rings. The maximum absolute atomic E-state index is 11.1. The third kappa shape index (κ3) is 2.19. The van der Waals surface area contributed by atoms with Gasteiger partial charge in [-0.1, -0.05) is 19.3 Å². The lowest BCUT2D eigenvalue weighted by Gasteiger charge is -2.18. The second-order valence-corrected chi connectivity index (χ2v) is 3.38. The zero-order chi connectivity index (χ0) is 8.97. The molecule has 4 N–H and O–H groups in total. The van der Waals surface area contributed by atoms with Gasteiger partial charge < -0.3 is 5.73 Å². The van der Waals surface area contributed by atoms with E-state index in [1.165, 1.54) is 0 Å². The molecule has 1 rings (SSSR count). The standard InChI is InChI=1S/C8H16N2O2/c9-7-5-3-1-2-4-6(7)8(11)10-12/h6-7,12H,1-5,9H2,(H,10,11). The van der Waals surface area contributed by atoms with Gasteiger partial charge in [-0.15, -0.1) is 0 Å². The van der Waals surface area contributed by atoms with Gasteiger partial charge in [0.15, 0.2) is 0 Å². The molecule has 0 radical (unpaired) electrons. The fraction of sp³-hybridized carbons (Fsp3) is 0.875. The van der Waals surface area contributed by atoms with E-state index in [0.717, 1.165) is 32.1 Å². The number of hydroxylamine groups is 1. The van der Waals surface area contributed by atoms with Crippen LogP contribution in [-0.2, 0) is 4.79 Å². The van der Waals surface area contributed by atoms with Gasteiger partial charge in [-0.2, -0.15) is 0 Å². The van der Waals surface area contributed by atoms with Crippen LogP contribution in [0, 0.1) is 5.92 Å². The molecule has 0 aromatic heterocycles. The summed E-state index contributed by atoms with van der Waals surface area (Å²) in [4.78, 5) is 11.1. The molecule has 4 heteroatoms. The molecule has 0 heterocycles. The molecule has 0 spiro atoms. The topological polar surface area (TPSA) is 75.4 Å². The lowest BCUT2D eigenvalue weighted by atomic mass is 9.95. The molecule has 70 valence electrons. The highest BCUT2D eigenvalue weighted by atomic mass is 16.5. The Morgan fingerprint density at radius 3 is 2.67 bits per heavy atom. The van der Waals surface area contributed by atoms with Crippen LogP contribution in [0.4, 0.5) is 0 Å². The molecule has 1 amide bonds. The van der Waals surface area contributed by atoms with E-state index in [0.29, 0.717) is 0 Å². The molecule has 12 heavy (non-hydrogen) atoms. The summed E-state index contributed by atoms with van der Waals surface area (Å²) in [6.07, 6.45) is 4.96. The second-order valence-electron chi connectivity index (χ2n) is 3.38. The number of rotatable bonds is 1. The van der Waals surface area contributed by atoms with Crippen molar-refractivity contribution in [1.82, 2.24) is 5.48 Å². The van der Waals surface area contributed by atoms with Gasteiger partial charge in [-0.3, -0.25) is 10.0 Å². The minimum Gasteiger partial charge on any atom is -0.327 e. The number of hydrogen-bond donors (Lipinski definition) is 3. The van der Waals surface area contributed by atoms with Crippen molar-refractivity contribution in [2.45, 2.75) is 38.1 Å². The zero-order valence-electron chi connectivity index (χ0n) is 7.12. The van der Waals surface area contributed by atoms with Crippen LogP contribution in [0.5, 0.6) is 0 Å². The first-order valence-electron chi connectivity index (χ1n) is 4.45. The van der Waals surface area contributed by atoms with E-state index in [2.05, 4.69) is 0 Å². The van der Waals surface area contributed by atoms with Crippen LogP contribution < -0.4 is 11.2 Å². The van der Waals surface area contributed by atoms with Crippen LogP contribution in [0.1, 0.15) is 32.1 Å². The van der Waals surface area contributed by atoms with Crippen LogP contribution in [0.25, 0.3) is 0 Å². The van der Waals surface area contributed by atoms with Gasteiger partial charge in [0, 0.05) is 6.04 Å². The van der Waals surface area contributed by atoms with Crippen LogP contribution in [0.2, 0.25) is 0 Å². The highest BCUT2D eigenvalue weighted by Gasteiger charge is 2.26. The average molecular weight is 172 g/mol. The minimum absolute atomic E-state index is 0.0837. The molecular weight excluding hydrogens is 156 g/mol. The third-order valence-electron chi connectivity index (χ3n) is 2.52. The molecule has 1 aliphatic carbocycles. The first-order valence-corrected chi connectivity index (χ1v) is 4.45. The predicted molar refractivity (Wildman–Crippen MR) is 44.5 cm³/mol. The summed E-state index contributed by atoms with van der Waals surface area (Å²) in [5.74, 6) is -0.526. The highest BCUT2D eigenvalue weighted by molar-refractivity contribution is 5.78. The summed E-state index contributed by atoms with van der Waals surface area (Å²) in [5, 5.41) is 8.44. The molecule has 2 atom stereocenters. The lowest BCUT2D eigenvalue weighted by molar-refractivity contribution is -0.134. The Morgan fingerprint density at radius 1 is 1.33 bits per heavy atom. The molecule has 0 aliphatic heterocycles. The monoisotopic (exact) mass is 172 g/mol. The Labute approximate surface area is 72.1 Å². The average Bonchev–Trinajstić information content (AvgIpc) is 2.28. The Balaban J connectivity index is 2.52. The quantitative estimate of drug-likeness (QED) is 0.304. The number of nitrogens with one attached hydrogen (secondary N) is 1. The van der Waals surface area contributed by atoms with Crippen molar-refractivity contribution in [2.24, 2.45) is 11.7 Å². The van der Waals surface area contributed by atoms with Crippen LogP contribution >= 0.6 is 0 Å². The number of carbonyl (C=O) groups is 1. The number of carbonyl (C=O) groups excluding carboxylic acids is 1. The number of amides is 1. The van der Waals surface area contributed by atoms with Gasteiger partial charge >= 0.3 is 0 Å². The number of hydrogen-bond acceptors (Lipinski definition) is 3. The molecule has 0 aromatic rings. The van der Waals surface area contributed by atoms with Crippen molar-refractivity contribution in [3.63, 3.8) is 0 Å². The lowest BCUT2D eigenvalue weighted by Crippen LogP contribution is -2.40. The molecule has 2 unspecified atom stereocenters. The maximum atomic E-state index is 11.1.